The largest absolute Gasteiger partial charge is 0.306 e. The lowest BCUT2D eigenvalue weighted by atomic mass is 10.2. The van der Waals surface area contributed by atoms with Gasteiger partial charge >= 0.3 is 0 Å². The number of nitrogens with zero attached hydrogens (tertiary/aromatic N) is 6. The molecule has 0 aliphatic heterocycles. The average Bonchev–Trinajstić information content (AvgIpc) is 3.23. The van der Waals surface area contributed by atoms with E-state index >= 15 is 0 Å². The maximum absolute atomic E-state index is 8.92. The van der Waals surface area contributed by atoms with Crippen LogP contribution in [0.4, 0.5) is 0 Å². The summed E-state index contributed by atoms with van der Waals surface area (Å²) in [6, 6.07) is 13.5. The fourth-order valence-electron chi connectivity index (χ4n) is 2.27. The molecule has 4 aromatic rings. The van der Waals surface area contributed by atoms with E-state index in [4.69, 9.17) is 5.26 Å². The van der Waals surface area contributed by atoms with E-state index in [0.29, 0.717) is 17.0 Å². The van der Waals surface area contributed by atoms with E-state index < -0.39 is 0 Å². The summed E-state index contributed by atoms with van der Waals surface area (Å²) in [5.74, 6) is 0.632. The molecule has 0 bridgehead atoms. The predicted molar refractivity (Wildman–Crippen MR) is 80.3 cm³/mol. The van der Waals surface area contributed by atoms with Gasteiger partial charge in [-0.2, -0.15) is 5.26 Å². The third-order valence-electron chi connectivity index (χ3n) is 3.39. The predicted octanol–water partition coefficient (Wildman–Crippen LogP) is 2.45. The van der Waals surface area contributed by atoms with Crippen LogP contribution in [0.25, 0.3) is 22.7 Å². The number of hydrogen-bond donors (Lipinski definition) is 0. The van der Waals surface area contributed by atoms with Crippen molar-refractivity contribution in [3.05, 3.63) is 66.9 Å². The molecule has 0 saturated heterocycles. The summed E-state index contributed by atoms with van der Waals surface area (Å²) < 4.78 is 3.55. The Balaban J connectivity index is 1.74. The number of hydrogen-bond acceptors (Lipinski definition) is 4. The molecule has 1 aromatic carbocycles. The molecule has 0 unspecified atom stereocenters. The number of rotatable bonds is 2. The second-order valence-electron chi connectivity index (χ2n) is 4.78. The molecule has 6 heteroatoms. The average molecular weight is 286 g/mol. The highest BCUT2D eigenvalue weighted by Crippen LogP contribution is 2.19. The Kier molecular flexibility index (Phi) is 2.70. The lowest BCUT2D eigenvalue weighted by molar-refractivity contribution is 0.961. The first-order chi connectivity index (χ1) is 10.8. The second kappa shape index (κ2) is 4.82. The highest BCUT2D eigenvalue weighted by molar-refractivity contribution is 5.60. The molecule has 3 aromatic heterocycles. The SMILES string of the molecule is N#Cc1ccc2nc(-c3ccc(-n4ccnc4)cc3)nn2c1. The van der Waals surface area contributed by atoms with Gasteiger partial charge in [0, 0.05) is 29.8 Å². The molecule has 0 amide bonds. The topological polar surface area (TPSA) is 71.8 Å². The third-order valence-corrected chi connectivity index (χ3v) is 3.39. The van der Waals surface area contributed by atoms with Crippen LogP contribution in [0.5, 0.6) is 0 Å². The van der Waals surface area contributed by atoms with Gasteiger partial charge in [-0.05, 0) is 36.4 Å². The Bertz CT molecular complexity index is 974. The normalized spacial score (nSPS) is 10.7. The molecule has 22 heavy (non-hydrogen) atoms. The summed E-state index contributed by atoms with van der Waals surface area (Å²) in [5.41, 5.74) is 3.22. The number of pyridine rings is 1. The van der Waals surface area contributed by atoms with Crippen molar-refractivity contribution in [1.82, 2.24) is 24.1 Å². The van der Waals surface area contributed by atoms with E-state index in [9.17, 15) is 0 Å². The summed E-state index contributed by atoms with van der Waals surface area (Å²) in [4.78, 5) is 8.51. The molecule has 0 radical (unpaired) electrons. The Morgan fingerprint density at radius 3 is 2.64 bits per heavy atom. The van der Waals surface area contributed by atoms with Crippen molar-refractivity contribution in [3.63, 3.8) is 0 Å². The Morgan fingerprint density at radius 1 is 1.05 bits per heavy atom. The van der Waals surface area contributed by atoms with E-state index in [0.717, 1.165) is 11.3 Å². The first-order valence-electron chi connectivity index (χ1n) is 6.69. The fourth-order valence-corrected chi connectivity index (χ4v) is 2.27. The van der Waals surface area contributed by atoms with Crippen molar-refractivity contribution in [1.29, 1.82) is 5.26 Å². The lowest BCUT2D eigenvalue weighted by Gasteiger charge is -2.02. The minimum absolute atomic E-state index is 0.555. The summed E-state index contributed by atoms with van der Waals surface area (Å²) >= 11 is 0. The molecule has 6 nitrogen and oxygen atoms in total. The van der Waals surface area contributed by atoms with Gasteiger partial charge < -0.3 is 4.57 Å². The van der Waals surface area contributed by atoms with Crippen LogP contribution in [-0.4, -0.2) is 24.1 Å². The molecule has 3 heterocycles. The van der Waals surface area contributed by atoms with Gasteiger partial charge in [-0.15, -0.1) is 5.10 Å². The standard InChI is InChI=1S/C16H10N6/c17-9-12-1-6-15-19-16(20-22(15)10-12)13-2-4-14(5-3-13)21-8-7-18-11-21/h1-8,10-11H. The Labute approximate surface area is 125 Å². The number of benzene rings is 1. The third kappa shape index (κ3) is 2.01. The van der Waals surface area contributed by atoms with Crippen molar-refractivity contribution >= 4 is 5.65 Å². The monoisotopic (exact) mass is 286 g/mol. The minimum Gasteiger partial charge on any atom is -0.306 e. The van der Waals surface area contributed by atoms with Gasteiger partial charge in [-0.25, -0.2) is 14.5 Å². The zero-order valence-corrected chi connectivity index (χ0v) is 11.5. The smallest absolute Gasteiger partial charge is 0.182 e. The molecule has 4 rings (SSSR count). The van der Waals surface area contributed by atoms with Crippen LogP contribution in [0.3, 0.4) is 0 Å². The summed E-state index contributed by atoms with van der Waals surface area (Å²) in [5, 5.41) is 13.3. The quantitative estimate of drug-likeness (QED) is 0.567. The van der Waals surface area contributed by atoms with Crippen LogP contribution < -0.4 is 0 Å². The van der Waals surface area contributed by atoms with Gasteiger partial charge in [-0.3, -0.25) is 0 Å². The van der Waals surface area contributed by atoms with Gasteiger partial charge in [0.1, 0.15) is 6.07 Å². The Hall–Kier alpha value is -3.46. The number of fused-ring (bicyclic) bond motifs is 1. The number of nitriles is 1. The minimum atomic E-state index is 0.555. The number of aromatic nitrogens is 5. The molecule has 0 N–H and O–H groups in total. The van der Waals surface area contributed by atoms with Gasteiger partial charge in [0.2, 0.25) is 0 Å². The maximum atomic E-state index is 8.92. The van der Waals surface area contributed by atoms with Gasteiger partial charge in [0.15, 0.2) is 11.5 Å². The number of imidazole rings is 1. The highest BCUT2D eigenvalue weighted by Gasteiger charge is 2.07. The molecule has 104 valence electrons. The van der Waals surface area contributed by atoms with Crippen molar-refractivity contribution < 1.29 is 0 Å². The first-order valence-corrected chi connectivity index (χ1v) is 6.69. The van der Waals surface area contributed by atoms with Crippen LogP contribution in [-0.2, 0) is 0 Å². The van der Waals surface area contributed by atoms with E-state index in [2.05, 4.69) is 21.1 Å². The molecular formula is C16H10N6. The van der Waals surface area contributed by atoms with Crippen molar-refractivity contribution in [2.24, 2.45) is 0 Å². The fraction of sp³-hybridized carbons (Fsp3) is 0. The highest BCUT2D eigenvalue weighted by atomic mass is 15.3. The second-order valence-corrected chi connectivity index (χ2v) is 4.78. The van der Waals surface area contributed by atoms with Gasteiger partial charge in [-0.1, -0.05) is 0 Å². The van der Waals surface area contributed by atoms with E-state index in [1.807, 2.05) is 35.0 Å². The van der Waals surface area contributed by atoms with Crippen LogP contribution in [0.1, 0.15) is 5.56 Å². The van der Waals surface area contributed by atoms with E-state index in [-0.39, 0.29) is 0 Å². The maximum Gasteiger partial charge on any atom is 0.182 e. The first kappa shape index (κ1) is 12.3. The summed E-state index contributed by atoms with van der Waals surface area (Å²) in [6.45, 7) is 0. The summed E-state index contributed by atoms with van der Waals surface area (Å²) in [6.07, 6.45) is 7.05. The van der Waals surface area contributed by atoms with E-state index in [1.165, 1.54) is 0 Å². The van der Waals surface area contributed by atoms with Crippen LogP contribution in [0.15, 0.2) is 61.3 Å². The van der Waals surface area contributed by atoms with Crippen LogP contribution in [0, 0.1) is 11.3 Å². The molecule has 0 fully saturated rings. The Morgan fingerprint density at radius 2 is 1.91 bits per heavy atom. The molecule has 0 aliphatic rings. The lowest BCUT2D eigenvalue weighted by Crippen LogP contribution is -1.90. The zero-order valence-electron chi connectivity index (χ0n) is 11.5. The van der Waals surface area contributed by atoms with Crippen molar-refractivity contribution in [2.45, 2.75) is 0 Å². The molecule has 0 atom stereocenters. The summed E-state index contributed by atoms with van der Waals surface area (Å²) in [7, 11) is 0. The zero-order chi connectivity index (χ0) is 14.9. The molecule has 0 saturated carbocycles. The van der Waals surface area contributed by atoms with Gasteiger partial charge in [0.25, 0.3) is 0 Å². The molecule has 0 spiro atoms. The van der Waals surface area contributed by atoms with Crippen LogP contribution >= 0.6 is 0 Å². The molecule has 0 aliphatic carbocycles. The van der Waals surface area contributed by atoms with Gasteiger partial charge in [0.05, 0.1) is 11.9 Å². The van der Waals surface area contributed by atoms with E-state index in [1.54, 1.807) is 35.4 Å². The van der Waals surface area contributed by atoms with Crippen LogP contribution in [0.2, 0.25) is 0 Å². The molecular weight excluding hydrogens is 276 g/mol. The van der Waals surface area contributed by atoms with Crippen molar-refractivity contribution in [3.8, 4) is 23.1 Å². The van der Waals surface area contributed by atoms with Crippen molar-refractivity contribution in [2.75, 3.05) is 0 Å².